The Labute approximate surface area is 119 Å². The molecular formula is C14H22ClFN2O. The zero-order valence-corrected chi connectivity index (χ0v) is 12.1. The fourth-order valence-corrected chi connectivity index (χ4v) is 2.23. The summed E-state index contributed by atoms with van der Waals surface area (Å²) >= 11 is 5.93. The lowest BCUT2D eigenvalue weighted by molar-refractivity contribution is -0.132. The standard InChI is InChI=1S/C14H22ClFN2O/c1-2-8-18(9-7-16)14(19)13(17)10-11-3-5-12(15)6-4-11/h3-5,12-13H,2,6-10,17H2,1H3/t12?,13-/m0/s1. The topological polar surface area (TPSA) is 46.3 Å². The van der Waals surface area contributed by atoms with Gasteiger partial charge in [-0.15, -0.1) is 11.6 Å². The molecule has 3 nitrogen and oxygen atoms in total. The molecule has 0 radical (unpaired) electrons. The lowest BCUT2D eigenvalue weighted by Gasteiger charge is -2.25. The largest absolute Gasteiger partial charge is 0.339 e. The Hall–Kier alpha value is -0.870. The van der Waals surface area contributed by atoms with Crippen molar-refractivity contribution < 1.29 is 9.18 Å². The molecule has 0 heterocycles. The maximum atomic E-state index is 12.4. The predicted octanol–water partition coefficient (Wildman–Crippen LogP) is 2.41. The summed E-state index contributed by atoms with van der Waals surface area (Å²) in [6, 6.07) is -0.610. The van der Waals surface area contributed by atoms with Crippen LogP contribution in [0, 0.1) is 0 Å². The van der Waals surface area contributed by atoms with Crippen LogP contribution in [0.2, 0.25) is 0 Å². The Morgan fingerprint density at radius 2 is 2.37 bits per heavy atom. The average Bonchev–Trinajstić information content (AvgIpc) is 2.40. The quantitative estimate of drug-likeness (QED) is 0.731. The normalized spacial score (nSPS) is 20.0. The van der Waals surface area contributed by atoms with E-state index in [0.717, 1.165) is 18.4 Å². The van der Waals surface area contributed by atoms with Crippen LogP contribution in [0.5, 0.6) is 0 Å². The van der Waals surface area contributed by atoms with E-state index in [2.05, 4.69) is 0 Å². The molecule has 0 saturated heterocycles. The molecule has 2 N–H and O–H groups in total. The van der Waals surface area contributed by atoms with Gasteiger partial charge in [0.15, 0.2) is 0 Å². The van der Waals surface area contributed by atoms with Crippen molar-refractivity contribution in [2.24, 2.45) is 5.73 Å². The molecule has 1 amide bonds. The number of hydrogen-bond donors (Lipinski definition) is 1. The van der Waals surface area contributed by atoms with Crippen molar-refractivity contribution in [3.05, 3.63) is 23.8 Å². The molecule has 1 aliphatic carbocycles. The van der Waals surface area contributed by atoms with Crippen molar-refractivity contribution in [2.45, 2.75) is 37.6 Å². The van der Waals surface area contributed by atoms with Gasteiger partial charge in [0.05, 0.1) is 11.4 Å². The highest BCUT2D eigenvalue weighted by molar-refractivity contribution is 6.22. The molecule has 19 heavy (non-hydrogen) atoms. The van der Waals surface area contributed by atoms with Crippen LogP contribution in [0.15, 0.2) is 23.8 Å². The molecule has 0 aliphatic heterocycles. The van der Waals surface area contributed by atoms with Crippen LogP contribution in [0.4, 0.5) is 4.39 Å². The van der Waals surface area contributed by atoms with Crippen LogP contribution in [0.1, 0.15) is 26.2 Å². The number of rotatable bonds is 7. The highest BCUT2D eigenvalue weighted by Gasteiger charge is 2.21. The molecule has 1 aliphatic rings. The molecule has 0 aromatic heterocycles. The third-order valence-electron chi connectivity index (χ3n) is 3.06. The predicted molar refractivity (Wildman–Crippen MR) is 76.9 cm³/mol. The van der Waals surface area contributed by atoms with E-state index in [0.29, 0.717) is 13.0 Å². The van der Waals surface area contributed by atoms with E-state index in [4.69, 9.17) is 17.3 Å². The van der Waals surface area contributed by atoms with Gasteiger partial charge in [0.1, 0.15) is 6.67 Å². The average molecular weight is 289 g/mol. The van der Waals surface area contributed by atoms with Crippen molar-refractivity contribution in [1.82, 2.24) is 4.90 Å². The Bertz CT molecular complexity index is 351. The summed E-state index contributed by atoms with van der Waals surface area (Å²) in [5, 5.41) is 0.0267. The fourth-order valence-electron chi connectivity index (χ4n) is 2.07. The van der Waals surface area contributed by atoms with Crippen LogP contribution >= 0.6 is 11.6 Å². The first kappa shape index (κ1) is 16.2. The SMILES string of the molecule is CCCN(CCF)C(=O)[C@@H](N)CC1=CCC(Cl)C=C1. The van der Waals surface area contributed by atoms with Crippen molar-refractivity contribution in [1.29, 1.82) is 0 Å². The van der Waals surface area contributed by atoms with E-state index in [1.54, 1.807) is 0 Å². The molecule has 0 spiro atoms. The lowest BCUT2D eigenvalue weighted by Crippen LogP contribution is -2.45. The highest BCUT2D eigenvalue weighted by atomic mass is 35.5. The van der Waals surface area contributed by atoms with E-state index < -0.39 is 12.7 Å². The van der Waals surface area contributed by atoms with Crippen LogP contribution in [-0.2, 0) is 4.79 Å². The monoisotopic (exact) mass is 288 g/mol. The molecular weight excluding hydrogens is 267 g/mol. The van der Waals surface area contributed by atoms with Crippen molar-refractivity contribution in [3.63, 3.8) is 0 Å². The summed E-state index contributed by atoms with van der Waals surface area (Å²) in [4.78, 5) is 13.6. The molecule has 0 bridgehead atoms. The molecule has 0 saturated carbocycles. The Balaban J connectivity index is 2.53. The van der Waals surface area contributed by atoms with Gasteiger partial charge in [0.2, 0.25) is 5.91 Å². The van der Waals surface area contributed by atoms with Gasteiger partial charge in [0.25, 0.3) is 0 Å². The second-order valence-corrected chi connectivity index (χ2v) is 5.28. The number of allylic oxidation sites excluding steroid dienone is 3. The Kier molecular flexibility index (Phi) is 7.10. The maximum Gasteiger partial charge on any atom is 0.239 e. The third kappa shape index (κ3) is 5.33. The zero-order chi connectivity index (χ0) is 14.3. The number of alkyl halides is 2. The van der Waals surface area contributed by atoms with Gasteiger partial charge >= 0.3 is 0 Å². The molecule has 5 heteroatoms. The number of hydrogen-bond acceptors (Lipinski definition) is 2. The number of amides is 1. The highest BCUT2D eigenvalue weighted by Crippen LogP contribution is 2.18. The number of nitrogens with two attached hydrogens (primary N) is 1. The van der Waals surface area contributed by atoms with E-state index >= 15 is 0 Å². The van der Waals surface area contributed by atoms with Gasteiger partial charge in [-0.2, -0.15) is 0 Å². The summed E-state index contributed by atoms with van der Waals surface area (Å²) < 4.78 is 12.4. The molecule has 0 fully saturated rings. The smallest absolute Gasteiger partial charge is 0.239 e. The van der Waals surface area contributed by atoms with E-state index in [9.17, 15) is 9.18 Å². The van der Waals surface area contributed by atoms with Gasteiger partial charge in [-0.05, 0) is 19.3 Å². The minimum absolute atomic E-state index is 0.0267. The summed E-state index contributed by atoms with van der Waals surface area (Å²) in [6.07, 6.45) is 7.86. The Morgan fingerprint density at radius 3 is 2.89 bits per heavy atom. The first-order valence-corrected chi connectivity index (χ1v) is 7.13. The summed E-state index contributed by atoms with van der Waals surface area (Å²) in [5.74, 6) is -0.179. The van der Waals surface area contributed by atoms with Crippen LogP contribution in [-0.4, -0.2) is 42.0 Å². The first-order valence-electron chi connectivity index (χ1n) is 6.70. The van der Waals surface area contributed by atoms with Crippen LogP contribution in [0.3, 0.4) is 0 Å². The van der Waals surface area contributed by atoms with Gasteiger partial charge in [-0.25, -0.2) is 4.39 Å². The van der Waals surface area contributed by atoms with Crippen molar-refractivity contribution in [2.75, 3.05) is 19.8 Å². The molecule has 1 rings (SSSR count). The molecule has 2 atom stereocenters. The molecule has 108 valence electrons. The van der Waals surface area contributed by atoms with Crippen LogP contribution in [0.25, 0.3) is 0 Å². The first-order chi connectivity index (χ1) is 9.08. The summed E-state index contributed by atoms with van der Waals surface area (Å²) in [7, 11) is 0. The van der Waals surface area contributed by atoms with E-state index in [1.807, 2.05) is 25.2 Å². The second kappa shape index (κ2) is 8.33. The summed E-state index contributed by atoms with van der Waals surface area (Å²) in [5.41, 5.74) is 6.95. The van der Waals surface area contributed by atoms with Crippen molar-refractivity contribution in [3.8, 4) is 0 Å². The van der Waals surface area contributed by atoms with Crippen molar-refractivity contribution >= 4 is 17.5 Å². The maximum absolute atomic E-state index is 12.4. The Morgan fingerprint density at radius 1 is 1.63 bits per heavy atom. The van der Waals surface area contributed by atoms with Gasteiger partial charge in [-0.1, -0.05) is 30.7 Å². The van der Waals surface area contributed by atoms with Gasteiger partial charge in [0, 0.05) is 13.1 Å². The number of halogens is 2. The molecule has 1 unspecified atom stereocenters. The fraction of sp³-hybridized carbons (Fsp3) is 0.643. The third-order valence-corrected chi connectivity index (χ3v) is 3.38. The summed E-state index contributed by atoms with van der Waals surface area (Å²) in [6.45, 7) is 2.10. The van der Waals surface area contributed by atoms with Gasteiger partial charge in [-0.3, -0.25) is 4.79 Å². The zero-order valence-electron chi connectivity index (χ0n) is 11.3. The minimum atomic E-state index is -0.610. The second-order valence-electron chi connectivity index (χ2n) is 4.71. The number of nitrogens with zero attached hydrogens (tertiary/aromatic N) is 1. The minimum Gasteiger partial charge on any atom is -0.339 e. The lowest BCUT2D eigenvalue weighted by atomic mass is 9.99. The molecule has 0 aromatic rings. The molecule has 0 aromatic carbocycles. The van der Waals surface area contributed by atoms with E-state index in [1.165, 1.54) is 4.90 Å². The van der Waals surface area contributed by atoms with Gasteiger partial charge < -0.3 is 10.6 Å². The van der Waals surface area contributed by atoms with E-state index in [-0.39, 0.29) is 17.8 Å². The van der Waals surface area contributed by atoms with Crippen LogP contribution < -0.4 is 5.73 Å². The number of carbonyl (C=O) groups is 1. The number of carbonyl (C=O) groups excluding carboxylic acids is 1.